The van der Waals surface area contributed by atoms with Crippen LogP contribution < -0.4 is 10.2 Å². The second-order valence-electron chi connectivity index (χ2n) is 11.4. The molecule has 1 aromatic heterocycles. The lowest BCUT2D eigenvalue weighted by Crippen LogP contribution is -2.61. The molecule has 8 heteroatoms. The SMILES string of the molecule is CC1CN(C(=O)C(C)(C)O)CCN1c1cccc(C(=O)NC2C3CC4CC2CC(O)(C4)C3)n1. The molecule has 5 aliphatic rings. The fourth-order valence-corrected chi connectivity index (χ4v) is 7.02. The van der Waals surface area contributed by atoms with Gasteiger partial charge in [0, 0.05) is 31.7 Å². The molecule has 4 saturated carbocycles. The summed E-state index contributed by atoms with van der Waals surface area (Å²) >= 11 is 0. The summed E-state index contributed by atoms with van der Waals surface area (Å²) in [4.78, 5) is 34.1. The number of aliphatic hydroxyl groups is 2. The van der Waals surface area contributed by atoms with E-state index in [2.05, 4.69) is 15.2 Å². The quantitative estimate of drug-likeness (QED) is 0.635. The van der Waals surface area contributed by atoms with Crippen LogP contribution >= 0.6 is 0 Å². The van der Waals surface area contributed by atoms with Crippen LogP contribution in [0.3, 0.4) is 0 Å². The Morgan fingerprint density at radius 3 is 2.45 bits per heavy atom. The van der Waals surface area contributed by atoms with Gasteiger partial charge in [0.25, 0.3) is 11.8 Å². The number of pyridine rings is 1. The highest BCUT2D eigenvalue weighted by atomic mass is 16.3. The number of nitrogens with one attached hydrogen (secondary N) is 1. The van der Waals surface area contributed by atoms with Crippen LogP contribution in [0.1, 0.15) is 63.4 Å². The van der Waals surface area contributed by atoms with E-state index in [-0.39, 0.29) is 23.9 Å². The number of hydrogen-bond donors (Lipinski definition) is 3. The Morgan fingerprint density at radius 2 is 1.85 bits per heavy atom. The number of aromatic nitrogens is 1. The lowest BCUT2D eigenvalue weighted by molar-refractivity contribution is -0.148. The number of carbonyl (C=O) groups is 2. The van der Waals surface area contributed by atoms with Gasteiger partial charge in [-0.1, -0.05) is 6.07 Å². The molecule has 8 nitrogen and oxygen atoms in total. The Balaban J connectivity index is 1.25. The van der Waals surface area contributed by atoms with Crippen LogP contribution in [0.2, 0.25) is 0 Å². The third kappa shape index (κ3) is 4.23. The molecule has 2 heterocycles. The standard InChI is InChI=1S/C25H36N4O4/c1-15-14-28(23(31)24(2,3)32)7-8-29(15)20-6-4-5-19(26-20)22(30)27-21-17-9-16-10-18(21)13-25(33,11-16)12-17/h4-6,15-18,21,32-33H,7-14H2,1-3H3,(H,27,30). The summed E-state index contributed by atoms with van der Waals surface area (Å²) in [5.41, 5.74) is -1.49. The molecule has 2 amide bonds. The smallest absolute Gasteiger partial charge is 0.270 e. The molecule has 33 heavy (non-hydrogen) atoms. The van der Waals surface area contributed by atoms with Crippen molar-refractivity contribution in [2.75, 3.05) is 24.5 Å². The number of amides is 2. The first kappa shape index (κ1) is 22.6. The van der Waals surface area contributed by atoms with Gasteiger partial charge in [0.1, 0.15) is 17.1 Å². The minimum Gasteiger partial charge on any atom is -0.390 e. The van der Waals surface area contributed by atoms with Crippen molar-refractivity contribution < 1.29 is 19.8 Å². The van der Waals surface area contributed by atoms with E-state index in [1.165, 1.54) is 13.8 Å². The van der Waals surface area contributed by atoms with E-state index in [4.69, 9.17) is 0 Å². The summed E-state index contributed by atoms with van der Waals surface area (Å²) in [6, 6.07) is 5.65. The largest absolute Gasteiger partial charge is 0.390 e. The molecule has 5 fully saturated rings. The minimum absolute atomic E-state index is 0.0148. The van der Waals surface area contributed by atoms with Crippen LogP contribution in [0, 0.1) is 17.8 Å². The summed E-state index contributed by atoms with van der Waals surface area (Å²) in [6.45, 7) is 6.64. The molecule has 180 valence electrons. The molecule has 3 unspecified atom stereocenters. The van der Waals surface area contributed by atoms with Crippen molar-refractivity contribution in [2.45, 2.75) is 76.2 Å². The normalized spacial score (nSPS) is 35.6. The van der Waals surface area contributed by atoms with E-state index >= 15 is 0 Å². The van der Waals surface area contributed by atoms with E-state index in [0.29, 0.717) is 43.1 Å². The van der Waals surface area contributed by atoms with Crippen molar-refractivity contribution in [3.8, 4) is 0 Å². The molecule has 1 aliphatic heterocycles. The van der Waals surface area contributed by atoms with Crippen molar-refractivity contribution >= 4 is 17.6 Å². The highest BCUT2D eigenvalue weighted by Crippen LogP contribution is 2.55. The highest BCUT2D eigenvalue weighted by molar-refractivity contribution is 5.93. The third-order valence-electron chi connectivity index (χ3n) is 8.24. The Hall–Kier alpha value is -2.19. The molecule has 4 bridgehead atoms. The summed E-state index contributed by atoms with van der Waals surface area (Å²) in [5, 5.41) is 24.1. The Morgan fingerprint density at radius 1 is 1.15 bits per heavy atom. The lowest BCUT2D eigenvalue weighted by atomic mass is 9.52. The van der Waals surface area contributed by atoms with Crippen LogP contribution in [0.4, 0.5) is 5.82 Å². The summed E-state index contributed by atoms with van der Waals surface area (Å²) in [6.07, 6.45) is 4.72. The van der Waals surface area contributed by atoms with Gasteiger partial charge in [-0.05, 0) is 82.8 Å². The van der Waals surface area contributed by atoms with Crippen LogP contribution in [0.5, 0.6) is 0 Å². The van der Waals surface area contributed by atoms with Crippen LogP contribution in [-0.2, 0) is 4.79 Å². The molecule has 6 rings (SSSR count). The van der Waals surface area contributed by atoms with Gasteiger partial charge < -0.3 is 25.3 Å². The fourth-order valence-electron chi connectivity index (χ4n) is 7.02. The predicted molar refractivity (Wildman–Crippen MR) is 124 cm³/mol. The molecule has 3 atom stereocenters. The van der Waals surface area contributed by atoms with Gasteiger partial charge in [-0.2, -0.15) is 0 Å². The Kier molecular flexibility index (Phi) is 5.44. The topological polar surface area (TPSA) is 106 Å². The van der Waals surface area contributed by atoms with Gasteiger partial charge in [-0.15, -0.1) is 0 Å². The summed E-state index contributed by atoms with van der Waals surface area (Å²) in [5.74, 6) is 1.63. The van der Waals surface area contributed by atoms with Crippen molar-refractivity contribution in [3.63, 3.8) is 0 Å². The zero-order valence-corrected chi connectivity index (χ0v) is 19.8. The molecular formula is C25H36N4O4. The van der Waals surface area contributed by atoms with Gasteiger partial charge in [0.2, 0.25) is 0 Å². The van der Waals surface area contributed by atoms with Gasteiger partial charge in [-0.3, -0.25) is 9.59 Å². The average molecular weight is 457 g/mol. The van der Waals surface area contributed by atoms with E-state index in [1.54, 1.807) is 11.0 Å². The van der Waals surface area contributed by atoms with Crippen molar-refractivity contribution in [1.29, 1.82) is 0 Å². The highest BCUT2D eigenvalue weighted by Gasteiger charge is 2.55. The molecule has 0 radical (unpaired) electrons. The number of nitrogens with zero attached hydrogens (tertiary/aromatic N) is 3. The zero-order chi connectivity index (χ0) is 23.5. The van der Waals surface area contributed by atoms with Crippen molar-refractivity contribution in [3.05, 3.63) is 23.9 Å². The van der Waals surface area contributed by atoms with Crippen LogP contribution in [-0.4, -0.2) is 74.8 Å². The monoisotopic (exact) mass is 456 g/mol. The Bertz CT molecular complexity index is 929. The number of anilines is 1. The maximum absolute atomic E-state index is 13.1. The second kappa shape index (κ2) is 7.94. The molecule has 0 aromatic carbocycles. The maximum Gasteiger partial charge on any atom is 0.270 e. The number of carbonyl (C=O) groups excluding carboxylic acids is 2. The first-order valence-corrected chi connectivity index (χ1v) is 12.3. The van der Waals surface area contributed by atoms with E-state index in [0.717, 1.165) is 37.9 Å². The van der Waals surface area contributed by atoms with Crippen LogP contribution in [0.25, 0.3) is 0 Å². The van der Waals surface area contributed by atoms with Gasteiger partial charge in [0.15, 0.2) is 0 Å². The van der Waals surface area contributed by atoms with Gasteiger partial charge in [-0.25, -0.2) is 4.98 Å². The molecule has 0 spiro atoms. The number of piperazine rings is 1. The van der Waals surface area contributed by atoms with Crippen molar-refractivity contribution in [1.82, 2.24) is 15.2 Å². The second-order valence-corrected chi connectivity index (χ2v) is 11.4. The number of hydrogen-bond acceptors (Lipinski definition) is 6. The Labute approximate surface area is 195 Å². The molecule has 3 N–H and O–H groups in total. The van der Waals surface area contributed by atoms with Crippen LogP contribution in [0.15, 0.2) is 18.2 Å². The number of rotatable bonds is 4. The fraction of sp³-hybridized carbons (Fsp3) is 0.720. The molecule has 1 aromatic rings. The molecule has 1 saturated heterocycles. The van der Waals surface area contributed by atoms with E-state index < -0.39 is 11.2 Å². The maximum atomic E-state index is 13.1. The predicted octanol–water partition coefficient (Wildman–Crippen LogP) is 1.56. The average Bonchev–Trinajstić information content (AvgIpc) is 2.74. The molecular weight excluding hydrogens is 420 g/mol. The first-order chi connectivity index (χ1) is 15.5. The van der Waals surface area contributed by atoms with Gasteiger partial charge >= 0.3 is 0 Å². The first-order valence-electron chi connectivity index (χ1n) is 12.3. The summed E-state index contributed by atoms with van der Waals surface area (Å²) in [7, 11) is 0. The van der Waals surface area contributed by atoms with E-state index in [9.17, 15) is 19.8 Å². The lowest BCUT2D eigenvalue weighted by Gasteiger charge is -2.58. The summed E-state index contributed by atoms with van der Waals surface area (Å²) < 4.78 is 0. The molecule has 4 aliphatic carbocycles. The zero-order valence-electron chi connectivity index (χ0n) is 19.8. The van der Waals surface area contributed by atoms with E-state index in [1.807, 2.05) is 19.1 Å². The van der Waals surface area contributed by atoms with Gasteiger partial charge in [0.05, 0.1) is 5.60 Å². The minimum atomic E-state index is -1.38. The third-order valence-corrected chi connectivity index (χ3v) is 8.24. The van der Waals surface area contributed by atoms with Crippen molar-refractivity contribution in [2.24, 2.45) is 17.8 Å².